The fraction of sp³-hybridized carbons (Fsp3) is 0.286. The molecule has 0 atom stereocenters. The SMILES string of the molecule is CC(C)c1ccc(-c2nnn(CC(=O)N(C)CC(=O)Nc3ccc(F)cc3)n2)cc1. The second-order valence-electron chi connectivity index (χ2n) is 7.23. The van der Waals surface area contributed by atoms with Crippen LogP contribution in [-0.4, -0.2) is 50.5 Å². The van der Waals surface area contributed by atoms with Crippen LogP contribution in [0.4, 0.5) is 10.1 Å². The minimum Gasteiger partial charge on any atom is -0.335 e. The predicted molar refractivity (Wildman–Crippen MR) is 110 cm³/mol. The maximum atomic E-state index is 12.9. The van der Waals surface area contributed by atoms with Crippen LogP contribution in [0.3, 0.4) is 0 Å². The Morgan fingerprint density at radius 2 is 1.77 bits per heavy atom. The first-order chi connectivity index (χ1) is 14.3. The molecule has 2 aromatic carbocycles. The van der Waals surface area contributed by atoms with Gasteiger partial charge in [0.15, 0.2) is 0 Å². The number of tetrazole rings is 1. The third-order valence-electron chi connectivity index (χ3n) is 4.50. The quantitative estimate of drug-likeness (QED) is 0.646. The van der Waals surface area contributed by atoms with E-state index in [1.54, 1.807) is 0 Å². The Kier molecular flexibility index (Phi) is 6.51. The van der Waals surface area contributed by atoms with Crippen LogP contribution < -0.4 is 5.32 Å². The van der Waals surface area contributed by atoms with Crippen molar-refractivity contribution in [3.63, 3.8) is 0 Å². The first kappa shape index (κ1) is 21.1. The number of hydrogen-bond donors (Lipinski definition) is 1. The smallest absolute Gasteiger partial charge is 0.246 e. The molecule has 0 radical (unpaired) electrons. The molecule has 0 aliphatic carbocycles. The van der Waals surface area contributed by atoms with E-state index in [-0.39, 0.29) is 19.0 Å². The van der Waals surface area contributed by atoms with Gasteiger partial charge in [0, 0.05) is 18.3 Å². The Labute approximate surface area is 173 Å². The number of benzene rings is 2. The van der Waals surface area contributed by atoms with Gasteiger partial charge in [-0.05, 0) is 41.0 Å². The van der Waals surface area contributed by atoms with Gasteiger partial charge in [0.05, 0.1) is 6.54 Å². The van der Waals surface area contributed by atoms with Crippen molar-refractivity contribution in [1.29, 1.82) is 0 Å². The molecule has 3 rings (SSSR count). The summed E-state index contributed by atoms with van der Waals surface area (Å²) in [7, 11) is 1.51. The Balaban J connectivity index is 1.55. The molecule has 0 spiro atoms. The van der Waals surface area contributed by atoms with Crippen LogP contribution in [0.25, 0.3) is 11.4 Å². The molecule has 30 heavy (non-hydrogen) atoms. The van der Waals surface area contributed by atoms with E-state index in [0.29, 0.717) is 17.4 Å². The molecule has 0 aliphatic heterocycles. The van der Waals surface area contributed by atoms with Crippen molar-refractivity contribution in [2.75, 3.05) is 18.9 Å². The van der Waals surface area contributed by atoms with E-state index < -0.39 is 11.7 Å². The van der Waals surface area contributed by atoms with Gasteiger partial charge >= 0.3 is 0 Å². The van der Waals surface area contributed by atoms with Gasteiger partial charge in [0.2, 0.25) is 17.6 Å². The topological polar surface area (TPSA) is 93.0 Å². The molecular weight excluding hydrogens is 387 g/mol. The zero-order chi connectivity index (χ0) is 21.7. The molecule has 2 amide bonds. The largest absolute Gasteiger partial charge is 0.335 e. The van der Waals surface area contributed by atoms with E-state index in [4.69, 9.17) is 0 Å². The highest BCUT2D eigenvalue weighted by Crippen LogP contribution is 2.19. The number of halogens is 1. The highest BCUT2D eigenvalue weighted by Gasteiger charge is 2.16. The summed E-state index contributed by atoms with van der Waals surface area (Å²) in [6, 6.07) is 13.3. The number of anilines is 1. The summed E-state index contributed by atoms with van der Waals surface area (Å²) < 4.78 is 12.9. The lowest BCUT2D eigenvalue weighted by atomic mass is 10.0. The van der Waals surface area contributed by atoms with Gasteiger partial charge in [-0.2, -0.15) is 4.80 Å². The number of amides is 2. The van der Waals surface area contributed by atoms with Gasteiger partial charge in [-0.3, -0.25) is 9.59 Å². The van der Waals surface area contributed by atoms with Crippen molar-refractivity contribution < 1.29 is 14.0 Å². The van der Waals surface area contributed by atoms with Crippen LogP contribution in [0.15, 0.2) is 48.5 Å². The summed E-state index contributed by atoms with van der Waals surface area (Å²) in [5.74, 6) is -0.278. The lowest BCUT2D eigenvalue weighted by Gasteiger charge is -2.16. The number of carbonyl (C=O) groups is 2. The molecular formula is C21H23FN6O2. The van der Waals surface area contributed by atoms with E-state index in [0.717, 1.165) is 5.56 Å². The molecule has 0 unspecified atom stereocenters. The van der Waals surface area contributed by atoms with Crippen LogP contribution in [0.2, 0.25) is 0 Å². The van der Waals surface area contributed by atoms with E-state index in [1.165, 1.54) is 46.6 Å². The molecule has 1 heterocycles. The van der Waals surface area contributed by atoms with Crippen LogP contribution >= 0.6 is 0 Å². The Bertz CT molecular complexity index is 1010. The molecule has 8 nitrogen and oxygen atoms in total. The average molecular weight is 410 g/mol. The Morgan fingerprint density at radius 3 is 2.40 bits per heavy atom. The number of likely N-dealkylation sites (N-methyl/N-ethyl adjacent to an activating group) is 1. The summed E-state index contributed by atoms with van der Waals surface area (Å²) in [5, 5.41) is 14.8. The van der Waals surface area contributed by atoms with Crippen LogP contribution in [0.1, 0.15) is 25.3 Å². The van der Waals surface area contributed by atoms with Gasteiger partial charge in [0.25, 0.3) is 0 Å². The highest BCUT2D eigenvalue weighted by molar-refractivity contribution is 5.94. The van der Waals surface area contributed by atoms with Gasteiger partial charge < -0.3 is 10.2 Å². The molecule has 0 fully saturated rings. The number of nitrogens with one attached hydrogen (secondary N) is 1. The fourth-order valence-corrected chi connectivity index (χ4v) is 2.72. The van der Waals surface area contributed by atoms with Crippen molar-refractivity contribution in [2.24, 2.45) is 0 Å². The number of carbonyl (C=O) groups excluding carboxylic acids is 2. The van der Waals surface area contributed by atoms with Crippen LogP contribution in [-0.2, 0) is 16.1 Å². The fourth-order valence-electron chi connectivity index (χ4n) is 2.72. The predicted octanol–water partition coefficient (Wildman–Crippen LogP) is 2.70. The van der Waals surface area contributed by atoms with Gasteiger partial charge in [-0.1, -0.05) is 38.1 Å². The van der Waals surface area contributed by atoms with Crippen molar-refractivity contribution in [2.45, 2.75) is 26.3 Å². The zero-order valence-electron chi connectivity index (χ0n) is 17.0. The molecule has 1 N–H and O–H groups in total. The van der Waals surface area contributed by atoms with Crippen molar-refractivity contribution in [3.8, 4) is 11.4 Å². The third-order valence-corrected chi connectivity index (χ3v) is 4.50. The Morgan fingerprint density at radius 1 is 1.10 bits per heavy atom. The molecule has 0 saturated carbocycles. The number of aromatic nitrogens is 4. The number of nitrogens with zero attached hydrogens (tertiary/aromatic N) is 5. The van der Waals surface area contributed by atoms with E-state index in [1.807, 2.05) is 24.3 Å². The van der Waals surface area contributed by atoms with Gasteiger partial charge in [-0.25, -0.2) is 4.39 Å². The summed E-state index contributed by atoms with van der Waals surface area (Å²) >= 11 is 0. The molecule has 0 aliphatic rings. The minimum atomic E-state index is -0.394. The maximum absolute atomic E-state index is 12.9. The molecule has 0 bridgehead atoms. The average Bonchev–Trinajstić information content (AvgIpc) is 3.18. The number of rotatable bonds is 7. The molecule has 156 valence electrons. The lowest BCUT2D eigenvalue weighted by molar-refractivity contribution is -0.134. The van der Waals surface area contributed by atoms with E-state index >= 15 is 0 Å². The normalized spacial score (nSPS) is 10.8. The zero-order valence-corrected chi connectivity index (χ0v) is 17.0. The standard InChI is InChI=1S/C21H23FN6O2/c1-14(2)15-4-6-16(7-5-15)21-24-26-28(25-21)13-20(30)27(3)12-19(29)23-18-10-8-17(22)9-11-18/h4-11,14H,12-13H2,1-3H3,(H,23,29). The van der Waals surface area contributed by atoms with Crippen LogP contribution in [0, 0.1) is 5.82 Å². The summed E-state index contributed by atoms with van der Waals surface area (Å²) in [6.45, 7) is 3.93. The van der Waals surface area contributed by atoms with E-state index in [2.05, 4.69) is 34.6 Å². The van der Waals surface area contributed by atoms with Gasteiger partial charge in [0.1, 0.15) is 12.4 Å². The first-order valence-corrected chi connectivity index (χ1v) is 9.49. The third kappa shape index (κ3) is 5.47. The van der Waals surface area contributed by atoms with Crippen molar-refractivity contribution in [1.82, 2.24) is 25.1 Å². The number of hydrogen-bond acceptors (Lipinski definition) is 5. The summed E-state index contributed by atoms with van der Waals surface area (Å²) in [6.07, 6.45) is 0. The van der Waals surface area contributed by atoms with E-state index in [9.17, 15) is 14.0 Å². The van der Waals surface area contributed by atoms with Crippen molar-refractivity contribution >= 4 is 17.5 Å². The van der Waals surface area contributed by atoms with Crippen molar-refractivity contribution in [3.05, 3.63) is 59.9 Å². The van der Waals surface area contributed by atoms with Gasteiger partial charge in [-0.15, -0.1) is 10.2 Å². The molecule has 9 heteroatoms. The molecule has 1 aromatic heterocycles. The minimum absolute atomic E-state index is 0.141. The molecule has 3 aromatic rings. The summed E-state index contributed by atoms with van der Waals surface area (Å²) in [5.41, 5.74) is 2.47. The monoisotopic (exact) mass is 410 g/mol. The maximum Gasteiger partial charge on any atom is 0.246 e. The summed E-state index contributed by atoms with van der Waals surface area (Å²) in [4.78, 5) is 26.9. The van der Waals surface area contributed by atoms with Crippen LogP contribution in [0.5, 0.6) is 0 Å². The first-order valence-electron chi connectivity index (χ1n) is 9.49. The lowest BCUT2D eigenvalue weighted by Crippen LogP contribution is -2.37. The molecule has 0 saturated heterocycles. The highest BCUT2D eigenvalue weighted by atomic mass is 19.1. The Hall–Kier alpha value is -3.62. The second-order valence-corrected chi connectivity index (χ2v) is 7.23. The second kappa shape index (κ2) is 9.25.